The summed E-state index contributed by atoms with van der Waals surface area (Å²) in [5.41, 5.74) is 2.26. The minimum Gasteiger partial charge on any atom is -0.489 e. The maximum absolute atomic E-state index is 13.2. The van der Waals surface area contributed by atoms with Crippen molar-refractivity contribution in [2.75, 3.05) is 0 Å². The van der Waals surface area contributed by atoms with Crippen LogP contribution in [0.1, 0.15) is 62.5 Å². The Hall–Kier alpha value is -1.97. The molecule has 1 nitrogen and oxygen atoms in total. The monoisotopic (exact) mass is 362 g/mol. The van der Waals surface area contributed by atoms with Crippen LogP contribution in [0.25, 0.3) is 0 Å². The average Bonchev–Trinajstić information content (AvgIpc) is 2.66. The van der Waals surface area contributed by atoms with Crippen LogP contribution in [0.2, 0.25) is 0 Å². The van der Waals surface area contributed by atoms with Crippen LogP contribution in [0.4, 0.5) is 13.2 Å². The average molecular weight is 362 g/mol. The van der Waals surface area contributed by atoms with Crippen LogP contribution in [-0.2, 0) is 6.61 Å². The molecule has 1 aliphatic rings. The van der Waals surface area contributed by atoms with E-state index in [0.29, 0.717) is 5.92 Å². The summed E-state index contributed by atoms with van der Waals surface area (Å²) in [7, 11) is 0. The van der Waals surface area contributed by atoms with Crippen LogP contribution in [0.15, 0.2) is 36.4 Å². The predicted octanol–water partition coefficient (Wildman–Crippen LogP) is 6.76. The van der Waals surface area contributed by atoms with Crippen molar-refractivity contribution in [2.45, 2.75) is 58.0 Å². The molecule has 0 spiro atoms. The molecule has 0 amide bonds. The van der Waals surface area contributed by atoms with Gasteiger partial charge in [-0.05, 0) is 48.6 Å². The van der Waals surface area contributed by atoms with E-state index in [1.165, 1.54) is 44.1 Å². The molecule has 0 bridgehead atoms. The van der Waals surface area contributed by atoms with Crippen molar-refractivity contribution in [1.29, 1.82) is 0 Å². The Morgan fingerprint density at radius 1 is 0.923 bits per heavy atom. The number of halogens is 3. The third-order valence-corrected chi connectivity index (χ3v) is 5.36. The Labute approximate surface area is 153 Å². The highest BCUT2D eigenvalue weighted by Crippen LogP contribution is 2.37. The molecule has 0 aliphatic heterocycles. The van der Waals surface area contributed by atoms with Gasteiger partial charge in [-0.2, -0.15) is 0 Å². The van der Waals surface area contributed by atoms with Crippen molar-refractivity contribution in [3.8, 4) is 5.75 Å². The fourth-order valence-electron chi connectivity index (χ4n) is 3.86. The third-order valence-electron chi connectivity index (χ3n) is 5.36. The Morgan fingerprint density at radius 3 is 2.12 bits per heavy atom. The van der Waals surface area contributed by atoms with Gasteiger partial charge in [-0.25, -0.2) is 13.2 Å². The summed E-state index contributed by atoms with van der Waals surface area (Å²) in [4.78, 5) is 0. The highest BCUT2D eigenvalue weighted by atomic mass is 19.2. The molecular weight excluding hydrogens is 337 g/mol. The molecule has 0 radical (unpaired) electrons. The summed E-state index contributed by atoms with van der Waals surface area (Å²) in [6.45, 7) is 2.44. The van der Waals surface area contributed by atoms with Gasteiger partial charge in [-0.3, -0.25) is 0 Å². The molecule has 2 aromatic rings. The van der Waals surface area contributed by atoms with Crippen molar-refractivity contribution in [2.24, 2.45) is 5.92 Å². The standard InChI is InChI=1S/C22H25F3O/c1-2-3-15-4-8-17(9-5-15)18-10-6-16(7-11-18)14-26-19-12-20(23)22(25)21(24)13-19/h6-7,10-13,15,17H,2-5,8-9,14H2,1H3/t15-,17-. The molecular formula is C22H25F3O. The number of hydrogen-bond acceptors (Lipinski definition) is 1. The van der Waals surface area contributed by atoms with Crippen molar-refractivity contribution >= 4 is 0 Å². The predicted molar refractivity (Wildman–Crippen MR) is 96.7 cm³/mol. The van der Waals surface area contributed by atoms with Crippen LogP contribution in [0, 0.1) is 23.4 Å². The second-order valence-corrected chi connectivity index (χ2v) is 7.24. The molecule has 1 saturated carbocycles. The molecule has 140 valence electrons. The molecule has 0 N–H and O–H groups in total. The highest BCUT2D eigenvalue weighted by molar-refractivity contribution is 5.28. The van der Waals surface area contributed by atoms with E-state index in [4.69, 9.17) is 4.74 Å². The van der Waals surface area contributed by atoms with Gasteiger partial charge in [-0.1, -0.05) is 44.0 Å². The van der Waals surface area contributed by atoms with Gasteiger partial charge < -0.3 is 4.74 Å². The largest absolute Gasteiger partial charge is 0.489 e. The van der Waals surface area contributed by atoms with Crippen molar-refractivity contribution in [3.63, 3.8) is 0 Å². The van der Waals surface area contributed by atoms with E-state index in [0.717, 1.165) is 23.6 Å². The quantitative estimate of drug-likeness (QED) is 0.516. The zero-order chi connectivity index (χ0) is 18.5. The molecule has 3 rings (SSSR count). The van der Waals surface area contributed by atoms with Gasteiger partial charge in [-0.15, -0.1) is 0 Å². The highest BCUT2D eigenvalue weighted by Gasteiger charge is 2.21. The normalized spacial score (nSPS) is 20.2. The maximum atomic E-state index is 13.2. The van der Waals surface area contributed by atoms with E-state index in [1.807, 2.05) is 12.1 Å². The molecule has 0 aromatic heterocycles. The lowest BCUT2D eigenvalue weighted by Gasteiger charge is -2.28. The fraction of sp³-hybridized carbons (Fsp3) is 0.455. The van der Waals surface area contributed by atoms with Crippen molar-refractivity contribution < 1.29 is 17.9 Å². The first kappa shape index (κ1) is 18.8. The number of hydrogen-bond donors (Lipinski definition) is 0. The van der Waals surface area contributed by atoms with Gasteiger partial charge in [0.1, 0.15) is 12.4 Å². The lowest BCUT2D eigenvalue weighted by Crippen LogP contribution is -2.13. The zero-order valence-electron chi connectivity index (χ0n) is 15.1. The first-order valence-electron chi connectivity index (χ1n) is 9.43. The summed E-state index contributed by atoms with van der Waals surface area (Å²) in [6.07, 6.45) is 7.72. The van der Waals surface area contributed by atoms with Crippen LogP contribution >= 0.6 is 0 Å². The first-order chi connectivity index (χ1) is 12.6. The van der Waals surface area contributed by atoms with Gasteiger partial charge in [0.2, 0.25) is 0 Å². The van der Waals surface area contributed by atoms with Gasteiger partial charge >= 0.3 is 0 Å². The first-order valence-corrected chi connectivity index (χ1v) is 9.43. The molecule has 0 heterocycles. The SMILES string of the molecule is CCC[C@H]1CC[C@H](c2ccc(COc3cc(F)c(F)c(F)c3)cc2)CC1. The van der Waals surface area contributed by atoms with Crippen molar-refractivity contribution in [3.05, 3.63) is 65.0 Å². The lowest BCUT2D eigenvalue weighted by molar-refractivity contribution is 0.299. The van der Waals surface area contributed by atoms with E-state index in [2.05, 4.69) is 19.1 Å². The second kappa shape index (κ2) is 8.61. The molecule has 0 saturated heterocycles. The van der Waals surface area contributed by atoms with Gasteiger partial charge in [0, 0.05) is 12.1 Å². The van der Waals surface area contributed by atoms with E-state index >= 15 is 0 Å². The molecule has 0 unspecified atom stereocenters. The fourth-order valence-corrected chi connectivity index (χ4v) is 3.86. The van der Waals surface area contributed by atoms with Gasteiger partial charge in [0.05, 0.1) is 0 Å². The van der Waals surface area contributed by atoms with Crippen LogP contribution < -0.4 is 4.74 Å². The molecule has 4 heteroatoms. The summed E-state index contributed by atoms with van der Waals surface area (Å²) in [5, 5.41) is 0. The van der Waals surface area contributed by atoms with E-state index < -0.39 is 17.5 Å². The zero-order valence-corrected chi connectivity index (χ0v) is 15.1. The Morgan fingerprint density at radius 2 is 1.54 bits per heavy atom. The second-order valence-electron chi connectivity index (χ2n) is 7.24. The maximum Gasteiger partial charge on any atom is 0.194 e. The minimum absolute atomic E-state index is 0.0141. The van der Waals surface area contributed by atoms with Gasteiger partial charge in [0.15, 0.2) is 17.5 Å². The summed E-state index contributed by atoms with van der Waals surface area (Å²) < 4.78 is 44.8. The number of ether oxygens (including phenoxy) is 1. The minimum atomic E-state index is -1.48. The third kappa shape index (κ3) is 4.60. The molecule has 1 aliphatic carbocycles. The Kier molecular flexibility index (Phi) is 6.23. The van der Waals surface area contributed by atoms with E-state index in [9.17, 15) is 13.2 Å². The van der Waals surface area contributed by atoms with Crippen LogP contribution in [0.3, 0.4) is 0 Å². The lowest BCUT2D eigenvalue weighted by atomic mass is 9.77. The molecule has 0 atom stereocenters. The van der Waals surface area contributed by atoms with Gasteiger partial charge in [0.25, 0.3) is 0 Å². The van der Waals surface area contributed by atoms with E-state index in [-0.39, 0.29) is 12.4 Å². The molecule has 26 heavy (non-hydrogen) atoms. The Balaban J connectivity index is 1.55. The smallest absolute Gasteiger partial charge is 0.194 e. The van der Waals surface area contributed by atoms with Crippen LogP contribution in [-0.4, -0.2) is 0 Å². The summed E-state index contributed by atoms with van der Waals surface area (Å²) in [6, 6.07) is 9.95. The molecule has 1 fully saturated rings. The number of benzene rings is 2. The summed E-state index contributed by atoms with van der Waals surface area (Å²) in [5.74, 6) is -2.46. The van der Waals surface area contributed by atoms with Crippen molar-refractivity contribution in [1.82, 2.24) is 0 Å². The molecule has 2 aromatic carbocycles. The Bertz CT molecular complexity index is 696. The van der Waals surface area contributed by atoms with Crippen LogP contribution in [0.5, 0.6) is 5.75 Å². The summed E-state index contributed by atoms with van der Waals surface area (Å²) >= 11 is 0. The topological polar surface area (TPSA) is 9.23 Å². The van der Waals surface area contributed by atoms with E-state index in [1.54, 1.807) is 0 Å². The number of rotatable bonds is 6.